The molecule has 0 amide bonds. The molecule has 2 aromatic rings. The number of hydrogen-bond donors (Lipinski definition) is 3. The van der Waals surface area contributed by atoms with Gasteiger partial charge in [-0.2, -0.15) is 0 Å². The number of carboxylic acids is 2. The summed E-state index contributed by atoms with van der Waals surface area (Å²) in [4.78, 5) is 21.9. The summed E-state index contributed by atoms with van der Waals surface area (Å²) < 4.78 is 16.0. The fraction of sp³-hybridized carbons (Fsp3) is 0.100. The van der Waals surface area contributed by atoms with Crippen molar-refractivity contribution in [2.45, 2.75) is 0 Å². The van der Waals surface area contributed by atoms with Gasteiger partial charge in [0.25, 0.3) is 0 Å². The van der Waals surface area contributed by atoms with Crippen LogP contribution in [-0.2, 0) is 9.59 Å². The van der Waals surface area contributed by atoms with Crippen LogP contribution in [-0.4, -0.2) is 41.5 Å². The van der Waals surface area contributed by atoms with Crippen molar-refractivity contribution in [1.82, 2.24) is 0 Å². The number of phenolic OH excluding ortho intramolecular Hbond substituents is 1. The molecule has 0 saturated heterocycles. The second kappa shape index (κ2) is 9.13. The molecule has 8 nitrogen and oxygen atoms in total. The van der Waals surface area contributed by atoms with Crippen LogP contribution in [0, 0.1) is 0 Å². The molecule has 0 radical (unpaired) electrons. The monoisotopic (exact) mass is 386 g/mol. The summed E-state index contributed by atoms with van der Waals surface area (Å²) in [6, 6.07) is 8.92. The van der Waals surface area contributed by atoms with Gasteiger partial charge in [0.1, 0.15) is 5.76 Å². The number of rotatable bonds is 8. The zero-order valence-electron chi connectivity index (χ0n) is 15.1. The third kappa shape index (κ3) is 5.28. The van der Waals surface area contributed by atoms with Gasteiger partial charge in [-0.05, 0) is 42.0 Å². The number of hydrogen-bond acceptors (Lipinski definition) is 6. The van der Waals surface area contributed by atoms with Crippen LogP contribution in [0.1, 0.15) is 11.1 Å². The normalized spacial score (nSPS) is 11.3. The van der Waals surface area contributed by atoms with Crippen molar-refractivity contribution in [3.63, 3.8) is 0 Å². The molecular formula is C20H18O8. The van der Waals surface area contributed by atoms with E-state index < -0.39 is 11.9 Å². The summed E-state index contributed by atoms with van der Waals surface area (Å²) in [7, 11) is 2.77. The van der Waals surface area contributed by atoms with E-state index in [0.717, 1.165) is 12.2 Å². The van der Waals surface area contributed by atoms with Crippen LogP contribution >= 0.6 is 0 Å². The number of methoxy groups -OCH3 is 2. The molecule has 0 fully saturated rings. The van der Waals surface area contributed by atoms with Gasteiger partial charge in [-0.15, -0.1) is 0 Å². The number of benzene rings is 2. The van der Waals surface area contributed by atoms with E-state index in [4.69, 9.17) is 24.4 Å². The maximum atomic E-state index is 11.2. The highest BCUT2D eigenvalue weighted by Gasteiger charge is 2.14. The smallest absolute Gasteiger partial charge is 0.332 e. The van der Waals surface area contributed by atoms with E-state index in [-0.39, 0.29) is 28.8 Å². The molecule has 28 heavy (non-hydrogen) atoms. The van der Waals surface area contributed by atoms with Crippen molar-refractivity contribution in [3.05, 3.63) is 59.7 Å². The molecule has 2 rings (SSSR count). The van der Waals surface area contributed by atoms with Crippen molar-refractivity contribution in [2.75, 3.05) is 14.2 Å². The van der Waals surface area contributed by atoms with E-state index >= 15 is 0 Å². The summed E-state index contributed by atoms with van der Waals surface area (Å²) in [6.07, 6.45) is 3.23. The number of aliphatic carboxylic acids is 2. The average molecular weight is 386 g/mol. The van der Waals surface area contributed by atoms with E-state index in [2.05, 4.69) is 0 Å². The Morgan fingerprint density at radius 1 is 0.893 bits per heavy atom. The van der Waals surface area contributed by atoms with E-state index in [1.54, 1.807) is 12.1 Å². The summed E-state index contributed by atoms with van der Waals surface area (Å²) >= 11 is 0. The number of phenols is 1. The lowest BCUT2D eigenvalue weighted by atomic mass is 10.1. The standard InChI is InChI=1S/C20H18O8/c1-26-17-10-13(5-6-14(17)21)16(11-20(24)25)28-15-7-3-12(4-8-19(22)23)9-18(15)27-2/h3-11,21H,1-2H3,(H,22,23)(H,24,25)/b8-4+,16-11+. The van der Waals surface area contributed by atoms with Gasteiger partial charge in [-0.1, -0.05) is 6.07 Å². The minimum Gasteiger partial charge on any atom is -0.504 e. The number of carbonyl (C=O) groups is 2. The third-order valence-corrected chi connectivity index (χ3v) is 3.54. The largest absolute Gasteiger partial charge is 0.504 e. The van der Waals surface area contributed by atoms with Gasteiger partial charge < -0.3 is 29.5 Å². The van der Waals surface area contributed by atoms with Gasteiger partial charge in [0.15, 0.2) is 23.0 Å². The Kier molecular flexibility index (Phi) is 6.64. The first-order valence-corrected chi connectivity index (χ1v) is 7.93. The molecule has 0 aliphatic heterocycles. The van der Waals surface area contributed by atoms with E-state index in [1.807, 2.05) is 0 Å². The van der Waals surface area contributed by atoms with Crippen molar-refractivity contribution in [2.24, 2.45) is 0 Å². The molecule has 146 valence electrons. The maximum Gasteiger partial charge on any atom is 0.332 e. The van der Waals surface area contributed by atoms with Crippen LogP contribution in [0.4, 0.5) is 0 Å². The second-order valence-electron chi connectivity index (χ2n) is 5.42. The first-order valence-electron chi connectivity index (χ1n) is 7.93. The van der Waals surface area contributed by atoms with Crippen LogP contribution in [0.15, 0.2) is 48.6 Å². The maximum absolute atomic E-state index is 11.2. The zero-order valence-corrected chi connectivity index (χ0v) is 15.1. The number of aromatic hydroxyl groups is 1. The fourth-order valence-electron chi connectivity index (χ4n) is 2.27. The zero-order chi connectivity index (χ0) is 20.7. The third-order valence-electron chi connectivity index (χ3n) is 3.54. The van der Waals surface area contributed by atoms with Crippen LogP contribution in [0.3, 0.4) is 0 Å². The molecule has 0 atom stereocenters. The predicted molar refractivity (Wildman–Crippen MR) is 101 cm³/mol. The van der Waals surface area contributed by atoms with Crippen LogP contribution in [0.5, 0.6) is 23.0 Å². The Labute approximate surface area is 160 Å². The topological polar surface area (TPSA) is 123 Å². The molecule has 0 aromatic heterocycles. The Morgan fingerprint density at radius 3 is 2.21 bits per heavy atom. The van der Waals surface area contributed by atoms with Crippen LogP contribution in [0.25, 0.3) is 11.8 Å². The molecule has 0 spiro atoms. The molecular weight excluding hydrogens is 368 g/mol. The number of carboxylic acid groups (broad SMARTS) is 2. The van der Waals surface area contributed by atoms with Crippen molar-refractivity contribution in [3.8, 4) is 23.0 Å². The van der Waals surface area contributed by atoms with Crippen LogP contribution < -0.4 is 14.2 Å². The van der Waals surface area contributed by atoms with Crippen molar-refractivity contribution in [1.29, 1.82) is 0 Å². The SMILES string of the molecule is COc1cc(/C(=C\C(=O)O)Oc2ccc(/C=C/C(=O)O)cc2OC)ccc1O. The van der Waals surface area contributed by atoms with Gasteiger partial charge in [0.2, 0.25) is 0 Å². The molecule has 0 bridgehead atoms. The summed E-state index contributed by atoms with van der Waals surface area (Å²) in [6.45, 7) is 0. The lowest BCUT2D eigenvalue weighted by molar-refractivity contribution is -0.132. The van der Waals surface area contributed by atoms with Gasteiger partial charge in [-0.25, -0.2) is 9.59 Å². The highest BCUT2D eigenvalue weighted by atomic mass is 16.5. The van der Waals surface area contributed by atoms with E-state index in [1.165, 1.54) is 44.6 Å². The Hall–Kier alpha value is -3.94. The van der Waals surface area contributed by atoms with Gasteiger partial charge in [-0.3, -0.25) is 0 Å². The molecule has 2 aromatic carbocycles. The Balaban J connectivity index is 2.43. The minimum absolute atomic E-state index is 0.0158. The molecule has 0 aliphatic carbocycles. The van der Waals surface area contributed by atoms with Crippen molar-refractivity contribution >= 4 is 23.8 Å². The van der Waals surface area contributed by atoms with E-state index in [0.29, 0.717) is 11.1 Å². The first kappa shape index (κ1) is 20.4. The van der Waals surface area contributed by atoms with Gasteiger partial charge in [0.05, 0.1) is 20.3 Å². The summed E-state index contributed by atoms with van der Waals surface area (Å²) in [5, 5.41) is 27.6. The number of ether oxygens (including phenoxy) is 3. The van der Waals surface area contributed by atoms with Crippen molar-refractivity contribution < 1.29 is 39.1 Å². The second-order valence-corrected chi connectivity index (χ2v) is 5.42. The molecule has 8 heteroatoms. The fourth-order valence-corrected chi connectivity index (χ4v) is 2.27. The first-order chi connectivity index (χ1) is 13.3. The highest BCUT2D eigenvalue weighted by molar-refractivity contribution is 5.89. The Bertz CT molecular complexity index is 943. The quantitative estimate of drug-likeness (QED) is 0.467. The molecule has 0 unspecified atom stereocenters. The molecule has 0 saturated carbocycles. The minimum atomic E-state index is -1.23. The summed E-state index contributed by atoms with van der Waals surface area (Å²) in [5.74, 6) is -1.80. The predicted octanol–water partition coefficient (Wildman–Crippen LogP) is 3.01. The molecule has 0 heterocycles. The van der Waals surface area contributed by atoms with Gasteiger partial charge in [0, 0.05) is 11.6 Å². The lowest BCUT2D eigenvalue weighted by Crippen LogP contribution is -2.01. The lowest BCUT2D eigenvalue weighted by Gasteiger charge is -2.14. The molecule has 3 N–H and O–H groups in total. The van der Waals surface area contributed by atoms with Gasteiger partial charge >= 0.3 is 11.9 Å². The van der Waals surface area contributed by atoms with E-state index in [9.17, 15) is 14.7 Å². The average Bonchev–Trinajstić information content (AvgIpc) is 2.66. The molecule has 0 aliphatic rings. The van der Waals surface area contributed by atoms with Crippen LogP contribution in [0.2, 0.25) is 0 Å². The Morgan fingerprint density at radius 2 is 1.61 bits per heavy atom. The highest BCUT2D eigenvalue weighted by Crippen LogP contribution is 2.34. The summed E-state index contributed by atoms with van der Waals surface area (Å²) in [5.41, 5.74) is 0.913.